The third-order valence-electron chi connectivity index (χ3n) is 2.57. The second kappa shape index (κ2) is 4.68. The molecular formula is C14H10ClFO. The van der Waals surface area contributed by atoms with E-state index in [0.29, 0.717) is 11.1 Å². The van der Waals surface area contributed by atoms with E-state index in [1.165, 1.54) is 18.2 Å². The lowest BCUT2D eigenvalue weighted by Crippen LogP contribution is -2.03. The third kappa shape index (κ3) is 2.37. The molecule has 0 amide bonds. The first-order valence-electron chi connectivity index (χ1n) is 5.15. The lowest BCUT2D eigenvalue weighted by atomic mass is 9.99. The predicted octanol–water partition coefficient (Wildman–Crippen LogP) is 4.02. The summed E-state index contributed by atoms with van der Waals surface area (Å²) in [5, 5.41) is -0.0376. The van der Waals surface area contributed by atoms with E-state index in [1.54, 1.807) is 12.1 Å². The molecule has 0 bridgehead atoms. The zero-order chi connectivity index (χ0) is 12.4. The minimum atomic E-state index is -0.520. The van der Waals surface area contributed by atoms with E-state index >= 15 is 0 Å². The molecule has 0 aliphatic carbocycles. The van der Waals surface area contributed by atoms with Crippen LogP contribution >= 0.6 is 11.6 Å². The summed E-state index contributed by atoms with van der Waals surface area (Å²) in [6, 6.07) is 11.3. The fraction of sp³-hybridized carbons (Fsp3) is 0.0714. The molecule has 0 atom stereocenters. The van der Waals surface area contributed by atoms with Crippen LogP contribution in [0.1, 0.15) is 21.5 Å². The van der Waals surface area contributed by atoms with E-state index in [9.17, 15) is 9.18 Å². The Bertz CT molecular complexity index is 578. The normalized spacial score (nSPS) is 10.3. The molecule has 1 nitrogen and oxygen atoms in total. The van der Waals surface area contributed by atoms with Crippen LogP contribution in [0.5, 0.6) is 0 Å². The summed E-state index contributed by atoms with van der Waals surface area (Å²) >= 11 is 5.66. The summed E-state index contributed by atoms with van der Waals surface area (Å²) in [5.41, 5.74) is 1.89. The monoisotopic (exact) mass is 248 g/mol. The standard InChI is InChI=1S/C14H10ClFO/c1-9-4-2-3-5-11(9)14(17)10-6-7-13(16)12(15)8-10/h2-8H,1H3. The molecule has 0 fully saturated rings. The van der Waals surface area contributed by atoms with Gasteiger partial charge in [-0.05, 0) is 30.7 Å². The molecule has 0 unspecified atom stereocenters. The molecule has 0 N–H and O–H groups in total. The van der Waals surface area contributed by atoms with Gasteiger partial charge in [-0.2, -0.15) is 0 Å². The number of halogens is 2. The highest BCUT2D eigenvalue weighted by Crippen LogP contribution is 2.19. The summed E-state index contributed by atoms with van der Waals surface area (Å²) in [6.07, 6.45) is 0. The molecule has 2 rings (SSSR count). The van der Waals surface area contributed by atoms with Crippen LogP contribution < -0.4 is 0 Å². The molecule has 86 valence electrons. The Morgan fingerprint density at radius 1 is 1.18 bits per heavy atom. The molecule has 0 aromatic heterocycles. The molecule has 17 heavy (non-hydrogen) atoms. The Labute approximate surface area is 104 Å². The summed E-state index contributed by atoms with van der Waals surface area (Å²) in [5.74, 6) is -0.669. The minimum absolute atomic E-state index is 0.0376. The van der Waals surface area contributed by atoms with Gasteiger partial charge < -0.3 is 0 Å². The Balaban J connectivity index is 2.44. The van der Waals surface area contributed by atoms with E-state index in [0.717, 1.165) is 5.56 Å². The number of rotatable bonds is 2. The van der Waals surface area contributed by atoms with Crippen molar-refractivity contribution in [3.63, 3.8) is 0 Å². The molecule has 0 saturated carbocycles. The SMILES string of the molecule is Cc1ccccc1C(=O)c1ccc(F)c(Cl)c1. The number of hydrogen-bond donors (Lipinski definition) is 0. The summed E-state index contributed by atoms with van der Waals surface area (Å²) in [6.45, 7) is 1.86. The van der Waals surface area contributed by atoms with Gasteiger partial charge in [0.2, 0.25) is 0 Å². The van der Waals surface area contributed by atoms with Crippen molar-refractivity contribution in [1.29, 1.82) is 0 Å². The quantitative estimate of drug-likeness (QED) is 0.734. The van der Waals surface area contributed by atoms with Crippen LogP contribution in [0.4, 0.5) is 4.39 Å². The van der Waals surface area contributed by atoms with Crippen molar-refractivity contribution in [1.82, 2.24) is 0 Å². The van der Waals surface area contributed by atoms with E-state index in [-0.39, 0.29) is 10.8 Å². The molecule has 3 heteroatoms. The predicted molar refractivity (Wildman–Crippen MR) is 66.0 cm³/mol. The van der Waals surface area contributed by atoms with Crippen LogP contribution in [0.15, 0.2) is 42.5 Å². The summed E-state index contributed by atoms with van der Waals surface area (Å²) in [7, 11) is 0. The van der Waals surface area contributed by atoms with Crippen LogP contribution in [0.3, 0.4) is 0 Å². The molecule has 2 aromatic carbocycles. The van der Waals surface area contributed by atoms with Crippen LogP contribution in [-0.2, 0) is 0 Å². The fourth-order valence-electron chi connectivity index (χ4n) is 1.62. The second-order valence-electron chi connectivity index (χ2n) is 3.77. The van der Waals surface area contributed by atoms with Gasteiger partial charge >= 0.3 is 0 Å². The molecule has 0 heterocycles. The van der Waals surface area contributed by atoms with Crippen molar-refractivity contribution in [2.75, 3.05) is 0 Å². The molecule has 0 spiro atoms. The number of carbonyl (C=O) groups is 1. The van der Waals surface area contributed by atoms with Gasteiger partial charge in [-0.25, -0.2) is 4.39 Å². The summed E-state index contributed by atoms with van der Waals surface area (Å²) in [4.78, 5) is 12.1. The smallest absolute Gasteiger partial charge is 0.193 e. The number of aryl methyl sites for hydroxylation is 1. The maximum Gasteiger partial charge on any atom is 0.193 e. The van der Waals surface area contributed by atoms with Gasteiger partial charge in [-0.3, -0.25) is 4.79 Å². The zero-order valence-electron chi connectivity index (χ0n) is 9.21. The van der Waals surface area contributed by atoms with E-state index in [4.69, 9.17) is 11.6 Å². The van der Waals surface area contributed by atoms with Crippen molar-refractivity contribution in [3.8, 4) is 0 Å². The van der Waals surface area contributed by atoms with Crippen molar-refractivity contribution in [2.45, 2.75) is 6.92 Å². The molecule has 0 aliphatic rings. The van der Waals surface area contributed by atoms with Gasteiger partial charge in [-0.1, -0.05) is 35.9 Å². The second-order valence-corrected chi connectivity index (χ2v) is 4.18. The zero-order valence-corrected chi connectivity index (χ0v) is 9.96. The maximum atomic E-state index is 13.0. The largest absolute Gasteiger partial charge is 0.289 e. The van der Waals surface area contributed by atoms with Crippen molar-refractivity contribution in [2.24, 2.45) is 0 Å². The van der Waals surface area contributed by atoms with Gasteiger partial charge in [0.15, 0.2) is 5.78 Å². The average Bonchev–Trinajstić information content (AvgIpc) is 2.32. The highest BCUT2D eigenvalue weighted by atomic mass is 35.5. The van der Waals surface area contributed by atoms with Gasteiger partial charge in [0.1, 0.15) is 5.82 Å². The summed E-state index contributed by atoms with van der Waals surface area (Å²) < 4.78 is 13.0. The molecule has 2 aromatic rings. The Hall–Kier alpha value is -1.67. The maximum absolute atomic E-state index is 13.0. The van der Waals surface area contributed by atoms with E-state index in [2.05, 4.69) is 0 Å². The number of hydrogen-bond acceptors (Lipinski definition) is 1. The van der Waals surface area contributed by atoms with Gasteiger partial charge in [0.05, 0.1) is 5.02 Å². The first-order valence-corrected chi connectivity index (χ1v) is 5.53. The molecule has 0 aliphatic heterocycles. The fourth-order valence-corrected chi connectivity index (χ4v) is 1.80. The first-order chi connectivity index (χ1) is 8.09. The minimum Gasteiger partial charge on any atom is -0.289 e. The third-order valence-corrected chi connectivity index (χ3v) is 2.86. The Kier molecular flexibility index (Phi) is 3.25. The van der Waals surface area contributed by atoms with Gasteiger partial charge in [0, 0.05) is 11.1 Å². The Morgan fingerprint density at radius 3 is 2.53 bits per heavy atom. The van der Waals surface area contributed by atoms with Crippen LogP contribution in [0.2, 0.25) is 5.02 Å². The van der Waals surface area contributed by atoms with Crippen molar-refractivity contribution < 1.29 is 9.18 Å². The number of benzene rings is 2. The van der Waals surface area contributed by atoms with Gasteiger partial charge in [0.25, 0.3) is 0 Å². The molecular weight excluding hydrogens is 239 g/mol. The Morgan fingerprint density at radius 2 is 1.88 bits per heavy atom. The first kappa shape index (κ1) is 11.8. The lowest BCUT2D eigenvalue weighted by Gasteiger charge is -2.05. The average molecular weight is 249 g/mol. The highest BCUT2D eigenvalue weighted by molar-refractivity contribution is 6.31. The molecule has 0 radical (unpaired) electrons. The van der Waals surface area contributed by atoms with Crippen LogP contribution in [-0.4, -0.2) is 5.78 Å². The number of carbonyl (C=O) groups excluding carboxylic acids is 1. The molecule has 0 saturated heterocycles. The van der Waals surface area contributed by atoms with Crippen LogP contribution in [0.25, 0.3) is 0 Å². The highest BCUT2D eigenvalue weighted by Gasteiger charge is 2.12. The van der Waals surface area contributed by atoms with Crippen LogP contribution in [0, 0.1) is 12.7 Å². The number of ketones is 1. The van der Waals surface area contributed by atoms with Gasteiger partial charge in [-0.15, -0.1) is 0 Å². The van der Waals surface area contributed by atoms with Crippen molar-refractivity contribution in [3.05, 3.63) is 70.0 Å². The topological polar surface area (TPSA) is 17.1 Å². The van der Waals surface area contributed by atoms with Crippen molar-refractivity contribution >= 4 is 17.4 Å². The van der Waals surface area contributed by atoms with E-state index in [1.807, 2.05) is 19.1 Å². The van der Waals surface area contributed by atoms with E-state index < -0.39 is 5.82 Å². The lowest BCUT2D eigenvalue weighted by molar-refractivity contribution is 0.103.